The summed E-state index contributed by atoms with van der Waals surface area (Å²) in [5, 5.41) is 9.26. The molecule has 1 rings (SSSR count). The van der Waals surface area contributed by atoms with E-state index in [2.05, 4.69) is 6.92 Å². The van der Waals surface area contributed by atoms with E-state index >= 15 is 0 Å². The van der Waals surface area contributed by atoms with Crippen molar-refractivity contribution in [3.63, 3.8) is 0 Å². The Bertz CT molecular complexity index is 119. The minimum Gasteiger partial charge on any atom is -0.392 e. The van der Waals surface area contributed by atoms with Crippen LogP contribution in [-0.2, 0) is 4.74 Å². The van der Waals surface area contributed by atoms with Crippen LogP contribution in [0, 0.1) is 5.92 Å². The molecule has 1 saturated heterocycles. The van der Waals surface area contributed by atoms with Crippen molar-refractivity contribution in [1.82, 2.24) is 0 Å². The molecule has 1 fully saturated rings. The Morgan fingerprint density at radius 3 is 2.91 bits per heavy atom. The summed E-state index contributed by atoms with van der Waals surface area (Å²) >= 11 is 0. The normalized spacial score (nSPS) is 34.1. The Morgan fingerprint density at radius 1 is 1.73 bits per heavy atom. The summed E-state index contributed by atoms with van der Waals surface area (Å²) in [6.45, 7) is 3.26. The van der Waals surface area contributed by atoms with Crippen molar-refractivity contribution < 1.29 is 9.84 Å². The molecule has 0 amide bonds. The minimum atomic E-state index is -0.343. The average molecular weight is 159 g/mol. The number of rotatable bonds is 3. The maximum Gasteiger partial charge on any atom is 0.0666 e. The fraction of sp³-hybridized carbons (Fsp3) is 1.00. The summed E-state index contributed by atoms with van der Waals surface area (Å²) in [5.41, 5.74) is 5.30. The number of aliphatic hydroxyl groups is 1. The Kier molecular flexibility index (Phi) is 3.30. The number of aliphatic hydroxyl groups excluding tert-OH is 1. The third-order valence-corrected chi connectivity index (χ3v) is 2.38. The largest absolute Gasteiger partial charge is 0.392 e. The van der Waals surface area contributed by atoms with Crippen molar-refractivity contribution in [2.45, 2.75) is 32.0 Å². The minimum absolute atomic E-state index is 0.302. The SMILES string of the molecule is CC1OCCC1CC(O)CN. The van der Waals surface area contributed by atoms with Crippen molar-refractivity contribution in [2.24, 2.45) is 11.7 Å². The van der Waals surface area contributed by atoms with Crippen molar-refractivity contribution >= 4 is 0 Å². The molecule has 0 radical (unpaired) electrons. The molecular weight excluding hydrogens is 142 g/mol. The predicted octanol–water partition coefficient (Wildman–Crippen LogP) is 0.121. The van der Waals surface area contributed by atoms with E-state index in [0.29, 0.717) is 18.6 Å². The third kappa shape index (κ3) is 2.43. The zero-order valence-corrected chi connectivity index (χ0v) is 6.99. The number of ether oxygens (including phenoxy) is 1. The van der Waals surface area contributed by atoms with E-state index in [1.54, 1.807) is 0 Å². The first-order valence-corrected chi connectivity index (χ1v) is 4.23. The van der Waals surface area contributed by atoms with Gasteiger partial charge in [-0.25, -0.2) is 0 Å². The lowest BCUT2D eigenvalue weighted by Gasteiger charge is -2.16. The summed E-state index contributed by atoms with van der Waals surface area (Å²) in [4.78, 5) is 0. The van der Waals surface area contributed by atoms with Gasteiger partial charge in [-0.15, -0.1) is 0 Å². The molecule has 0 bridgehead atoms. The van der Waals surface area contributed by atoms with E-state index in [9.17, 15) is 5.11 Å². The van der Waals surface area contributed by atoms with Crippen LogP contribution in [0.1, 0.15) is 19.8 Å². The predicted molar refractivity (Wildman–Crippen MR) is 43.2 cm³/mol. The first kappa shape index (κ1) is 8.97. The molecule has 3 nitrogen and oxygen atoms in total. The van der Waals surface area contributed by atoms with Gasteiger partial charge in [0.1, 0.15) is 0 Å². The molecule has 0 aromatic heterocycles. The molecule has 11 heavy (non-hydrogen) atoms. The highest BCUT2D eigenvalue weighted by molar-refractivity contribution is 4.75. The van der Waals surface area contributed by atoms with Gasteiger partial charge in [0.25, 0.3) is 0 Å². The summed E-state index contributed by atoms with van der Waals surface area (Å²) in [7, 11) is 0. The Hall–Kier alpha value is -0.120. The Morgan fingerprint density at radius 2 is 2.45 bits per heavy atom. The van der Waals surface area contributed by atoms with Crippen LogP contribution in [0.2, 0.25) is 0 Å². The van der Waals surface area contributed by atoms with Gasteiger partial charge in [-0.2, -0.15) is 0 Å². The maximum atomic E-state index is 9.26. The maximum absolute atomic E-state index is 9.26. The highest BCUT2D eigenvalue weighted by atomic mass is 16.5. The smallest absolute Gasteiger partial charge is 0.0666 e. The molecule has 66 valence electrons. The van der Waals surface area contributed by atoms with Crippen molar-refractivity contribution in [3.05, 3.63) is 0 Å². The first-order valence-electron chi connectivity index (χ1n) is 4.23. The number of hydrogen-bond acceptors (Lipinski definition) is 3. The zero-order chi connectivity index (χ0) is 8.27. The lowest BCUT2D eigenvalue weighted by molar-refractivity contribution is 0.0821. The van der Waals surface area contributed by atoms with Crippen LogP contribution in [-0.4, -0.2) is 30.5 Å². The standard InChI is InChI=1S/C8H17NO2/c1-6-7(2-3-11-6)4-8(10)5-9/h6-8,10H,2-5,9H2,1H3. The van der Waals surface area contributed by atoms with Crippen LogP contribution in [0.3, 0.4) is 0 Å². The van der Waals surface area contributed by atoms with E-state index in [0.717, 1.165) is 19.4 Å². The molecule has 1 heterocycles. The van der Waals surface area contributed by atoms with Gasteiger partial charge >= 0.3 is 0 Å². The van der Waals surface area contributed by atoms with Gasteiger partial charge < -0.3 is 15.6 Å². The first-order chi connectivity index (χ1) is 5.24. The molecule has 0 aromatic carbocycles. The number of nitrogens with two attached hydrogens (primary N) is 1. The van der Waals surface area contributed by atoms with Crippen molar-refractivity contribution in [1.29, 1.82) is 0 Å². The lowest BCUT2D eigenvalue weighted by atomic mass is 9.95. The molecule has 1 aliphatic heterocycles. The van der Waals surface area contributed by atoms with Crippen molar-refractivity contribution in [3.8, 4) is 0 Å². The quantitative estimate of drug-likeness (QED) is 0.615. The molecule has 3 N–H and O–H groups in total. The fourth-order valence-electron chi connectivity index (χ4n) is 1.53. The van der Waals surface area contributed by atoms with E-state index < -0.39 is 0 Å². The van der Waals surface area contributed by atoms with Gasteiger partial charge in [0.15, 0.2) is 0 Å². The van der Waals surface area contributed by atoms with Gasteiger partial charge in [0, 0.05) is 13.2 Å². The van der Waals surface area contributed by atoms with Gasteiger partial charge in [0.2, 0.25) is 0 Å². The number of hydrogen-bond donors (Lipinski definition) is 2. The van der Waals surface area contributed by atoms with Gasteiger partial charge in [0.05, 0.1) is 12.2 Å². The third-order valence-electron chi connectivity index (χ3n) is 2.38. The van der Waals surface area contributed by atoms with Crippen LogP contribution in [0.25, 0.3) is 0 Å². The van der Waals surface area contributed by atoms with Gasteiger partial charge in [-0.05, 0) is 25.7 Å². The second-order valence-electron chi connectivity index (χ2n) is 3.25. The van der Waals surface area contributed by atoms with E-state index in [1.165, 1.54) is 0 Å². The van der Waals surface area contributed by atoms with Crippen LogP contribution in [0.4, 0.5) is 0 Å². The molecule has 0 aliphatic carbocycles. The molecule has 0 saturated carbocycles. The Balaban J connectivity index is 2.24. The highest BCUT2D eigenvalue weighted by Gasteiger charge is 2.25. The van der Waals surface area contributed by atoms with Crippen LogP contribution in [0.15, 0.2) is 0 Å². The second-order valence-corrected chi connectivity index (χ2v) is 3.25. The monoisotopic (exact) mass is 159 g/mol. The van der Waals surface area contributed by atoms with E-state index in [4.69, 9.17) is 10.5 Å². The Labute approximate surface area is 67.5 Å². The topological polar surface area (TPSA) is 55.5 Å². The zero-order valence-electron chi connectivity index (χ0n) is 6.99. The summed E-state index contributed by atoms with van der Waals surface area (Å²) in [5.74, 6) is 0.508. The van der Waals surface area contributed by atoms with E-state index in [1.807, 2.05) is 0 Å². The summed E-state index contributed by atoms with van der Waals surface area (Å²) in [6.07, 6.45) is 1.82. The van der Waals surface area contributed by atoms with Crippen LogP contribution >= 0.6 is 0 Å². The summed E-state index contributed by atoms with van der Waals surface area (Å²) < 4.78 is 5.36. The summed E-state index contributed by atoms with van der Waals surface area (Å²) in [6, 6.07) is 0. The molecule has 1 aliphatic rings. The van der Waals surface area contributed by atoms with E-state index in [-0.39, 0.29) is 6.10 Å². The fourth-order valence-corrected chi connectivity index (χ4v) is 1.53. The second kappa shape index (κ2) is 4.04. The molecular formula is C8H17NO2. The van der Waals surface area contributed by atoms with Gasteiger partial charge in [-0.3, -0.25) is 0 Å². The molecule has 0 aromatic rings. The highest BCUT2D eigenvalue weighted by Crippen LogP contribution is 2.24. The lowest BCUT2D eigenvalue weighted by Crippen LogP contribution is -2.25. The average Bonchev–Trinajstić information content (AvgIpc) is 2.37. The molecule has 3 unspecified atom stereocenters. The molecule has 3 heteroatoms. The van der Waals surface area contributed by atoms with Gasteiger partial charge in [-0.1, -0.05) is 0 Å². The van der Waals surface area contributed by atoms with Crippen molar-refractivity contribution in [2.75, 3.05) is 13.2 Å². The molecule has 3 atom stereocenters. The van der Waals surface area contributed by atoms with Crippen LogP contribution in [0.5, 0.6) is 0 Å². The van der Waals surface area contributed by atoms with Crippen LogP contribution < -0.4 is 5.73 Å². The molecule has 0 spiro atoms.